The smallest absolute Gasteiger partial charge is 0.206 e. The third-order valence-corrected chi connectivity index (χ3v) is 5.04. The van der Waals surface area contributed by atoms with Gasteiger partial charge in [-0.05, 0) is 24.3 Å². The Morgan fingerprint density at radius 1 is 1.09 bits per heavy atom. The second-order valence-electron chi connectivity index (χ2n) is 4.88. The Labute approximate surface area is 138 Å². The van der Waals surface area contributed by atoms with Crippen LogP contribution in [0, 0.1) is 0 Å². The first kappa shape index (κ1) is 15.5. The normalized spacial score (nSPS) is 11.4. The molecule has 2 heterocycles. The molecule has 1 aromatic carbocycles. The third-order valence-electron chi connectivity index (χ3n) is 3.09. The van der Waals surface area contributed by atoms with Crippen LogP contribution in [-0.2, 0) is 16.9 Å². The summed E-state index contributed by atoms with van der Waals surface area (Å²) in [5.41, 5.74) is 0. The lowest BCUT2D eigenvalue weighted by Gasteiger charge is -2.08. The summed E-state index contributed by atoms with van der Waals surface area (Å²) in [7, 11) is -1.83. The summed E-state index contributed by atoms with van der Waals surface area (Å²) in [6.45, 7) is 0. The van der Waals surface area contributed by atoms with Gasteiger partial charge in [-0.3, -0.25) is 0 Å². The van der Waals surface area contributed by atoms with Crippen molar-refractivity contribution >= 4 is 33.1 Å². The van der Waals surface area contributed by atoms with E-state index in [0.717, 1.165) is 0 Å². The number of sulfone groups is 1. The summed E-state index contributed by atoms with van der Waals surface area (Å²) in [5, 5.41) is 3.02. The van der Waals surface area contributed by atoms with Crippen LogP contribution < -0.4 is 5.32 Å². The first-order chi connectivity index (χ1) is 10.9. The van der Waals surface area contributed by atoms with Crippen molar-refractivity contribution in [2.75, 3.05) is 5.32 Å². The molecule has 1 N–H and O–H groups in total. The van der Waals surface area contributed by atoms with E-state index >= 15 is 0 Å². The van der Waals surface area contributed by atoms with Crippen LogP contribution in [0.3, 0.4) is 0 Å². The van der Waals surface area contributed by atoms with Crippen molar-refractivity contribution in [1.82, 2.24) is 14.5 Å². The Morgan fingerprint density at radius 3 is 2.48 bits per heavy atom. The van der Waals surface area contributed by atoms with Gasteiger partial charge in [0.05, 0.1) is 16.1 Å². The van der Waals surface area contributed by atoms with Crippen LogP contribution in [0.25, 0.3) is 0 Å². The second kappa shape index (κ2) is 6.02. The summed E-state index contributed by atoms with van der Waals surface area (Å²) in [6.07, 6.45) is 3.36. The highest BCUT2D eigenvalue weighted by molar-refractivity contribution is 7.91. The Bertz CT molecular complexity index is 939. The number of nitrogens with one attached hydrogen (secondary N) is 1. The number of nitrogens with zero attached hydrogens (tertiary/aromatic N) is 3. The first-order valence-electron chi connectivity index (χ1n) is 6.68. The molecule has 0 atom stereocenters. The van der Waals surface area contributed by atoms with Crippen LogP contribution in [0.1, 0.15) is 0 Å². The zero-order valence-corrected chi connectivity index (χ0v) is 13.7. The summed E-state index contributed by atoms with van der Waals surface area (Å²) < 4.78 is 27.1. The van der Waals surface area contributed by atoms with E-state index in [9.17, 15) is 8.42 Å². The van der Waals surface area contributed by atoms with Crippen LogP contribution in [0.5, 0.6) is 0 Å². The summed E-state index contributed by atoms with van der Waals surface area (Å²) in [4.78, 5) is 8.47. The molecule has 0 bridgehead atoms. The molecule has 8 heteroatoms. The van der Waals surface area contributed by atoms with Crippen molar-refractivity contribution in [3.05, 3.63) is 60.1 Å². The lowest BCUT2D eigenvalue weighted by atomic mass is 10.4. The number of hydrogen-bond donors (Lipinski definition) is 1. The fourth-order valence-corrected chi connectivity index (χ4v) is 3.63. The predicted molar refractivity (Wildman–Crippen MR) is 87.6 cm³/mol. The fourth-order valence-electron chi connectivity index (χ4n) is 2.04. The van der Waals surface area contributed by atoms with E-state index in [-0.39, 0.29) is 14.9 Å². The van der Waals surface area contributed by atoms with Gasteiger partial charge >= 0.3 is 0 Å². The quantitative estimate of drug-likeness (QED) is 0.733. The number of halogens is 1. The van der Waals surface area contributed by atoms with Gasteiger partial charge in [0, 0.05) is 13.2 Å². The molecule has 0 fully saturated rings. The highest BCUT2D eigenvalue weighted by atomic mass is 35.5. The number of hydrogen-bond acceptors (Lipinski definition) is 5. The topological polar surface area (TPSA) is 76.9 Å². The predicted octanol–water partition coefficient (Wildman–Crippen LogP) is 3.04. The molecular formula is C15H13ClN4O2S. The molecule has 0 saturated heterocycles. The highest BCUT2D eigenvalue weighted by Gasteiger charge is 2.19. The molecule has 0 spiro atoms. The Hall–Kier alpha value is -2.38. The molecule has 0 unspecified atom stereocenters. The molecule has 0 radical (unpaired) electrons. The average Bonchev–Trinajstić information content (AvgIpc) is 2.92. The van der Waals surface area contributed by atoms with E-state index in [0.29, 0.717) is 11.6 Å². The molecule has 2 aromatic heterocycles. The van der Waals surface area contributed by atoms with Crippen molar-refractivity contribution in [3.8, 4) is 0 Å². The van der Waals surface area contributed by atoms with E-state index < -0.39 is 9.84 Å². The van der Waals surface area contributed by atoms with Crippen molar-refractivity contribution in [3.63, 3.8) is 0 Å². The Balaban J connectivity index is 2.01. The number of aromatic nitrogens is 3. The van der Waals surface area contributed by atoms with Crippen LogP contribution in [0.4, 0.5) is 11.6 Å². The molecule has 0 saturated carbocycles. The Kier molecular flexibility index (Phi) is 4.06. The lowest BCUT2D eigenvalue weighted by Crippen LogP contribution is -2.04. The van der Waals surface area contributed by atoms with E-state index in [1.807, 2.05) is 7.05 Å². The van der Waals surface area contributed by atoms with Crippen molar-refractivity contribution in [2.24, 2.45) is 7.05 Å². The van der Waals surface area contributed by atoms with Gasteiger partial charge < -0.3 is 9.88 Å². The first-order valence-corrected chi connectivity index (χ1v) is 8.54. The molecule has 0 aliphatic heterocycles. The van der Waals surface area contributed by atoms with E-state index in [2.05, 4.69) is 15.3 Å². The summed E-state index contributed by atoms with van der Waals surface area (Å²) in [6, 6.07) is 10.9. The standard InChI is InChI=1S/C15H13ClN4O2S/c1-20-9-15(17-10-20)19-14-8-12(7-13(16)18-14)23(21,22)11-5-3-2-4-6-11/h2-10H,1H3,(H,18,19). The minimum absolute atomic E-state index is 0.0714. The maximum atomic E-state index is 12.7. The molecule has 118 valence electrons. The minimum Gasteiger partial charge on any atom is -0.338 e. The average molecular weight is 349 g/mol. The number of benzene rings is 1. The van der Waals surface area contributed by atoms with Gasteiger partial charge in [0.25, 0.3) is 0 Å². The molecular weight excluding hydrogens is 336 g/mol. The fraction of sp³-hybridized carbons (Fsp3) is 0.0667. The zero-order chi connectivity index (χ0) is 16.4. The third kappa shape index (κ3) is 3.35. The monoisotopic (exact) mass is 348 g/mol. The van der Waals surface area contributed by atoms with E-state index in [1.54, 1.807) is 35.3 Å². The van der Waals surface area contributed by atoms with Gasteiger partial charge in [-0.2, -0.15) is 0 Å². The van der Waals surface area contributed by atoms with E-state index in [1.165, 1.54) is 24.3 Å². The number of pyridine rings is 1. The maximum absolute atomic E-state index is 12.7. The van der Waals surface area contributed by atoms with Crippen LogP contribution in [-0.4, -0.2) is 23.0 Å². The second-order valence-corrected chi connectivity index (χ2v) is 7.21. The SMILES string of the molecule is Cn1cnc(Nc2cc(S(=O)(=O)c3ccccc3)cc(Cl)n2)c1. The largest absolute Gasteiger partial charge is 0.338 e. The molecule has 23 heavy (non-hydrogen) atoms. The van der Waals surface area contributed by atoms with Gasteiger partial charge in [0.15, 0.2) is 0 Å². The van der Waals surface area contributed by atoms with E-state index in [4.69, 9.17) is 11.6 Å². The van der Waals surface area contributed by atoms with Crippen LogP contribution in [0.2, 0.25) is 5.15 Å². The molecule has 0 amide bonds. The molecule has 3 aromatic rings. The van der Waals surface area contributed by atoms with Gasteiger partial charge in [-0.15, -0.1) is 0 Å². The number of aryl methyl sites for hydroxylation is 1. The number of anilines is 2. The number of rotatable bonds is 4. The van der Waals surface area contributed by atoms with Crippen molar-refractivity contribution in [2.45, 2.75) is 9.79 Å². The van der Waals surface area contributed by atoms with Crippen molar-refractivity contribution in [1.29, 1.82) is 0 Å². The van der Waals surface area contributed by atoms with Gasteiger partial charge in [0.2, 0.25) is 9.84 Å². The van der Waals surface area contributed by atoms with Crippen molar-refractivity contribution < 1.29 is 8.42 Å². The zero-order valence-electron chi connectivity index (χ0n) is 12.1. The molecule has 0 aliphatic rings. The molecule has 3 rings (SSSR count). The van der Waals surface area contributed by atoms with Gasteiger partial charge in [0.1, 0.15) is 16.8 Å². The number of imidazole rings is 1. The van der Waals surface area contributed by atoms with Crippen LogP contribution in [0.15, 0.2) is 64.8 Å². The van der Waals surface area contributed by atoms with Gasteiger partial charge in [-0.1, -0.05) is 29.8 Å². The maximum Gasteiger partial charge on any atom is 0.206 e. The highest BCUT2D eigenvalue weighted by Crippen LogP contribution is 2.26. The minimum atomic E-state index is -3.66. The molecule has 6 nitrogen and oxygen atoms in total. The molecule has 0 aliphatic carbocycles. The summed E-state index contributed by atoms with van der Waals surface area (Å²) in [5.74, 6) is 0.857. The van der Waals surface area contributed by atoms with Gasteiger partial charge in [-0.25, -0.2) is 18.4 Å². The Morgan fingerprint density at radius 2 is 1.83 bits per heavy atom. The van der Waals surface area contributed by atoms with Crippen LogP contribution >= 0.6 is 11.6 Å². The summed E-state index contributed by atoms with van der Waals surface area (Å²) >= 11 is 5.97. The lowest BCUT2D eigenvalue weighted by molar-refractivity contribution is 0.596.